The van der Waals surface area contributed by atoms with Gasteiger partial charge in [-0.1, -0.05) is 36.7 Å². The Morgan fingerprint density at radius 3 is 2.52 bits per heavy atom. The van der Waals surface area contributed by atoms with Gasteiger partial charge in [0.1, 0.15) is 0 Å². The van der Waals surface area contributed by atoms with Crippen molar-refractivity contribution in [2.75, 3.05) is 0 Å². The first-order valence-electron chi connectivity index (χ1n) is 7.09. The fourth-order valence-electron chi connectivity index (χ4n) is 2.61. The average Bonchev–Trinajstić information content (AvgIpc) is 2.87. The Hall–Kier alpha value is -2.06. The van der Waals surface area contributed by atoms with Crippen molar-refractivity contribution in [1.82, 2.24) is 4.57 Å². The number of nitrogens with zero attached hydrogens (tertiary/aromatic N) is 1. The van der Waals surface area contributed by atoms with E-state index in [4.69, 9.17) is 11.6 Å². The Morgan fingerprint density at radius 1 is 1.10 bits per heavy atom. The molecule has 2 aromatic carbocycles. The minimum atomic E-state index is 0.0396. The van der Waals surface area contributed by atoms with Gasteiger partial charge in [-0.2, -0.15) is 0 Å². The van der Waals surface area contributed by atoms with Crippen LogP contribution in [0.25, 0.3) is 10.9 Å². The molecule has 0 spiro atoms. The van der Waals surface area contributed by atoms with E-state index >= 15 is 0 Å². The van der Waals surface area contributed by atoms with Crippen molar-refractivity contribution in [2.45, 2.75) is 19.9 Å². The van der Waals surface area contributed by atoms with Crippen LogP contribution in [0.2, 0.25) is 5.02 Å². The van der Waals surface area contributed by atoms with Crippen LogP contribution in [0, 0.1) is 0 Å². The lowest BCUT2D eigenvalue weighted by molar-refractivity contribution is 0.104. The Kier molecular flexibility index (Phi) is 3.80. The first-order valence-corrected chi connectivity index (χ1v) is 7.46. The molecule has 3 aromatic rings. The smallest absolute Gasteiger partial charge is 0.195 e. The number of aromatic nitrogens is 1. The van der Waals surface area contributed by atoms with E-state index in [0.717, 1.165) is 29.4 Å². The highest BCUT2D eigenvalue weighted by Crippen LogP contribution is 2.24. The lowest BCUT2D eigenvalue weighted by atomic mass is 10.0. The predicted octanol–water partition coefficient (Wildman–Crippen LogP) is 4.94. The second kappa shape index (κ2) is 5.74. The number of ketones is 1. The van der Waals surface area contributed by atoms with Gasteiger partial charge in [0.25, 0.3) is 0 Å². The lowest BCUT2D eigenvalue weighted by Crippen LogP contribution is -2.00. The van der Waals surface area contributed by atoms with Crippen molar-refractivity contribution in [3.63, 3.8) is 0 Å². The van der Waals surface area contributed by atoms with E-state index in [0.29, 0.717) is 10.6 Å². The number of hydrogen-bond acceptors (Lipinski definition) is 1. The average molecular weight is 298 g/mol. The third-order valence-corrected chi connectivity index (χ3v) is 3.86. The van der Waals surface area contributed by atoms with Gasteiger partial charge in [-0.3, -0.25) is 4.79 Å². The Labute approximate surface area is 129 Å². The van der Waals surface area contributed by atoms with E-state index in [1.54, 1.807) is 24.3 Å². The van der Waals surface area contributed by atoms with Gasteiger partial charge in [-0.05, 0) is 36.8 Å². The summed E-state index contributed by atoms with van der Waals surface area (Å²) in [5.41, 5.74) is 2.52. The molecule has 3 heteroatoms. The zero-order valence-electron chi connectivity index (χ0n) is 11.8. The van der Waals surface area contributed by atoms with Gasteiger partial charge < -0.3 is 4.57 Å². The van der Waals surface area contributed by atoms with Gasteiger partial charge in [0, 0.05) is 39.8 Å². The van der Waals surface area contributed by atoms with Gasteiger partial charge >= 0.3 is 0 Å². The molecule has 3 rings (SSSR count). The quantitative estimate of drug-likeness (QED) is 0.625. The molecule has 0 saturated heterocycles. The highest BCUT2D eigenvalue weighted by Gasteiger charge is 2.16. The molecule has 106 valence electrons. The summed E-state index contributed by atoms with van der Waals surface area (Å²) in [6.07, 6.45) is 3.00. The zero-order chi connectivity index (χ0) is 14.8. The minimum Gasteiger partial charge on any atom is -0.347 e. The highest BCUT2D eigenvalue weighted by molar-refractivity contribution is 6.30. The number of para-hydroxylation sites is 1. The van der Waals surface area contributed by atoms with Crippen molar-refractivity contribution in [1.29, 1.82) is 0 Å². The summed E-state index contributed by atoms with van der Waals surface area (Å²) in [5, 5.41) is 1.64. The number of halogens is 1. The highest BCUT2D eigenvalue weighted by atomic mass is 35.5. The maximum Gasteiger partial charge on any atom is 0.195 e. The SMILES string of the molecule is CCCn1cc(C(=O)c2ccc(Cl)cc2)c2ccccc21. The fraction of sp³-hybridized carbons (Fsp3) is 0.167. The van der Waals surface area contributed by atoms with Crippen molar-refractivity contribution in [3.05, 3.63) is 70.9 Å². The van der Waals surface area contributed by atoms with E-state index in [1.165, 1.54) is 0 Å². The third-order valence-electron chi connectivity index (χ3n) is 3.60. The number of fused-ring (bicyclic) bond motifs is 1. The second-order valence-electron chi connectivity index (χ2n) is 5.09. The third kappa shape index (κ3) is 2.59. The molecular formula is C18H16ClNO. The molecule has 0 unspecified atom stereocenters. The largest absolute Gasteiger partial charge is 0.347 e. The van der Waals surface area contributed by atoms with Crippen LogP contribution in [-0.2, 0) is 6.54 Å². The summed E-state index contributed by atoms with van der Waals surface area (Å²) in [6, 6.07) is 15.1. The first-order chi connectivity index (χ1) is 10.2. The van der Waals surface area contributed by atoms with Crippen molar-refractivity contribution in [3.8, 4) is 0 Å². The van der Waals surface area contributed by atoms with E-state index in [1.807, 2.05) is 24.4 Å². The van der Waals surface area contributed by atoms with E-state index < -0.39 is 0 Å². The van der Waals surface area contributed by atoms with Crippen LogP contribution < -0.4 is 0 Å². The summed E-state index contributed by atoms with van der Waals surface area (Å²) in [4.78, 5) is 12.7. The Morgan fingerprint density at radius 2 is 1.81 bits per heavy atom. The number of carbonyl (C=O) groups excluding carboxylic acids is 1. The lowest BCUT2D eigenvalue weighted by Gasteiger charge is -2.01. The summed E-state index contributed by atoms with van der Waals surface area (Å²) >= 11 is 5.89. The molecule has 0 aliphatic heterocycles. The number of hydrogen-bond donors (Lipinski definition) is 0. The molecule has 0 N–H and O–H groups in total. The van der Waals surface area contributed by atoms with Crippen LogP contribution in [0.5, 0.6) is 0 Å². The summed E-state index contributed by atoms with van der Waals surface area (Å²) < 4.78 is 2.15. The Bertz CT molecular complexity index is 787. The Balaban J connectivity index is 2.11. The van der Waals surface area contributed by atoms with Gasteiger partial charge in [-0.15, -0.1) is 0 Å². The van der Waals surface area contributed by atoms with Gasteiger partial charge in [0.15, 0.2) is 5.78 Å². The van der Waals surface area contributed by atoms with Crippen LogP contribution in [-0.4, -0.2) is 10.4 Å². The van der Waals surface area contributed by atoms with Crippen LogP contribution >= 0.6 is 11.6 Å². The molecule has 0 radical (unpaired) electrons. The normalized spacial score (nSPS) is 11.0. The molecule has 0 fully saturated rings. The summed E-state index contributed by atoms with van der Waals surface area (Å²) in [5.74, 6) is 0.0396. The number of benzene rings is 2. The van der Waals surface area contributed by atoms with Crippen molar-refractivity contribution >= 4 is 28.3 Å². The van der Waals surface area contributed by atoms with Gasteiger partial charge in [-0.25, -0.2) is 0 Å². The molecule has 0 saturated carbocycles. The predicted molar refractivity (Wildman–Crippen MR) is 87.1 cm³/mol. The van der Waals surface area contributed by atoms with E-state index in [9.17, 15) is 4.79 Å². The van der Waals surface area contributed by atoms with Gasteiger partial charge in [0.05, 0.1) is 0 Å². The standard InChI is InChI=1S/C18H16ClNO/c1-2-11-20-12-16(15-5-3-4-6-17(15)20)18(21)13-7-9-14(19)10-8-13/h3-10,12H,2,11H2,1H3. The zero-order valence-corrected chi connectivity index (χ0v) is 12.6. The number of aryl methyl sites for hydroxylation is 1. The minimum absolute atomic E-state index is 0.0396. The monoisotopic (exact) mass is 297 g/mol. The van der Waals surface area contributed by atoms with Crippen LogP contribution in [0.1, 0.15) is 29.3 Å². The molecule has 0 atom stereocenters. The topological polar surface area (TPSA) is 22.0 Å². The molecule has 0 aliphatic rings. The van der Waals surface area contributed by atoms with Crippen LogP contribution in [0.4, 0.5) is 0 Å². The molecule has 0 bridgehead atoms. The summed E-state index contributed by atoms with van der Waals surface area (Å²) in [6.45, 7) is 3.05. The first kappa shape index (κ1) is 13.9. The fourth-order valence-corrected chi connectivity index (χ4v) is 2.74. The van der Waals surface area contributed by atoms with Crippen molar-refractivity contribution < 1.29 is 4.79 Å². The second-order valence-corrected chi connectivity index (χ2v) is 5.53. The van der Waals surface area contributed by atoms with Crippen LogP contribution in [0.3, 0.4) is 0 Å². The maximum absolute atomic E-state index is 12.7. The maximum atomic E-state index is 12.7. The molecule has 1 heterocycles. The molecule has 0 amide bonds. The molecule has 21 heavy (non-hydrogen) atoms. The molecule has 0 aliphatic carbocycles. The van der Waals surface area contributed by atoms with E-state index in [2.05, 4.69) is 17.6 Å². The molecule has 1 aromatic heterocycles. The van der Waals surface area contributed by atoms with Crippen LogP contribution in [0.15, 0.2) is 54.7 Å². The number of carbonyl (C=O) groups is 1. The van der Waals surface area contributed by atoms with Crippen molar-refractivity contribution in [2.24, 2.45) is 0 Å². The summed E-state index contributed by atoms with van der Waals surface area (Å²) in [7, 11) is 0. The molecule has 2 nitrogen and oxygen atoms in total. The van der Waals surface area contributed by atoms with E-state index in [-0.39, 0.29) is 5.78 Å². The number of rotatable bonds is 4. The molecular weight excluding hydrogens is 282 g/mol. The van der Waals surface area contributed by atoms with Gasteiger partial charge in [0.2, 0.25) is 0 Å².